The van der Waals surface area contributed by atoms with Gasteiger partial charge >= 0.3 is 0 Å². The lowest BCUT2D eigenvalue weighted by Gasteiger charge is -2.36. The van der Waals surface area contributed by atoms with Gasteiger partial charge in [-0.05, 0) is 55.5 Å². The Morgan fingerprint density at radius 3 is 2.36 bits per heavy atom. The van der Waals surface area contributed by atoms with Crippen molar-refractivity contribution in [2.75, 3.05) is 49.1 Å². The molecule has 0 radical (unpaired) electrons. The van der Waals surface area contributed by atoms with E-state index < -0.39 is 0 Å². The van der Waals surface area contributed by atoms with Gasteiger partial charge in [0.2, 0.25) is 0 Å². The third kappa shape index (κ3) is 4.13. The molecule has 5 heteroatoms. The van der Waals surface area contributed by atoms with E-state index >= 15 is 0 Å². The van der Waals surface area contributed by atoms with Crippen molar-refractivity contribution in [1.82, 2.24) is 9.88 Å². The van der Waals surface area contributed by atoms with Gasteiger partial charge in [-0.3, -0.25) is 4.79 Å². The number of aryl methyl sites for hydroxylation is 1. The first-order valence-corrected chi connectivity index (χ1v) is 10.4. The molecule has 0 bridgehead atoms. The topological polar surface area (TPSA) is 39.7 Å². The Kier molecular flexibility index (Phi) is 5.51. The number of aromatic nitrogens is 1. The molecule has 2 aromatic rings. The third-order valence-electron chi connectivity index (χ3n) is 6.04. The van der Waals surface area contributed by atoms with Crippen molar-refractivity contribution in [3.8, 4) is 0 Å². The number of hydrogen-bond acceptors (Lipinski definition) is 4. The predicted octanol–water partition coefficient (Wildman–Crippen LogP) is 3.59. The lowest BCUT2D eigenvalue weighted by atomic mass is 9.99. The summed E-state index contributed by atoms with van der Waals surface area (Å²) >= 11 is 0. The zero-order chi connectivity index (χ0) is 19.5. The van der Waals surface area contributed by atoms with Crippen LogP contribution in [0, 0.1) is 12.8 Å². The van der Waals surface area contributed by atoms with E-state index in [1.807, 2.05) is 17.0 Å². The van der Waals surface area contributed by atoms with E-state index in [4.69, 9.17) is 0 Å². The molecule has 2 aliphatic heterocycles. The van der Waals surface area contributed by atoms with Crippen molar-refractivity contribution in [1.29, 1.82) is 0 Å². The number of pyridine rings is 1. The zero-order valence-corrected chi connectivity index (χ0v) is 17.0. The maximum Gasteiger partial charge on any atom is 0.255 e. The minimum atomic E-state index is 0.0928. The molecule has 1 aromatic heterocycles. The average Bonchev–Trinajstić information content (AvgIpc) is 2.74. The SMILES string of the molecule is Cc1cccc(N2CCN(C(=O)c3ccc(N4CCC(C)CC4)nc3)CC2)c1. The molecule has 0 N–H and O–H groups in total. The molecule has 148 valence electrons. The van der Waals surface area contributed by atoms with Crippen LogP contribution in [-0.4, -0.2) is 55.1 Å². The first-order valence-electron chi connectivity index (χ1n) is 10.4. The lowest BCUT2D eigenvalue weighted by Crippen LogP contribution is -2.48. The monoisotopic (exact) mass is 378 g/mol. The Labute approximate surface area is 168 Å². The Balaban J connectivity index is 1.35. The number of rotatable bonds is 3. The highest BCUT2D eigenvalue weighted by atomic mass is 16.2. The summed E-state index contributed by atoms with van der Waals surface area (Å²) in [6, 6.07) is 12.5. The summed E-state index contributed by atoms with van der Waals surface area (Å²) in [5.74, 6) is 1.89. The molecule has 1 aromatic carbocycles. The molecule has 2 aliphatic rings. The molecule has 3 heterocycles. The second-order valence-corrected chi connectivity index (χ2v) is 8.19. The van der Waals surface area contributed by atoms with Gasteiger partial charge in [0.15, 0.2) is 0 Å². The van der Waals surface area contributed by atoms with Gasteiger partial charge in [0.1, 0.15) is 5.82 Å². The van der Waals surface area contributed by atoms with Crippen LogP contribution >= 0.6 is 0 Å². The molecule has 4 rings (SSSR count). The molecule has 28 heavy (non-hydrogen) atoms. The van der Waals surface area contributed by atoms with E-state index in [0.29, 0.717) is 5.56 Å². The molecule has 0 atom stereocenters. The molecule has 0 saturated carbocycles. The maximum absolute atomic E-state index is 12.9. The van der Waals surface area contributed by atoms with Crippen LogP contribution in [0.4, 0.5) is 11.5 Å². The van der Waals surface area contributed by atoms with Crippen LogP contribution in [0.3, 0.4) is 0 Å². The Hall–Kier alpha value is -2.56. The number of piperidine rings is 1. The third-order valence-corrected chi connectivity index (χ3v) is 6.04. The number of carbonyl (C=O) groups excluding carboxylic acids is 1. The summed E-state index contributed by atoms with van der Waals surface area (Å²) < 4.78 is 0. The fourth-order valence-electron chi connectivity index (χ4n) is 4.11. The lowest BCUT2D eigenvalue weighted by molar-refractivity contribution is 0.0746. The van der Waals surface area contributed by atoms with E-state index in [2.05, 4.69) is 52.9 Å². The van der Waals surface area contributed by atoms with Crippen molar-refractivity contribution in [2.45, 2.75) is 26.7 Å². The molecule has 0 spiro atoms. The summed E-state index contributed by atoms with van der Waals surface area (Å²) in [6.45, 7) is 9.77. The fourth-order valence-corrected chi connectivity index (χ4v) is 4.11. The van der Waals surface area contributed by atoms with Crippen molar-refractivity contribution in [3.63, 3.8) is 0 Å². The number of benzene rings is 1. The average molecular weight is 379 g/mol. The molecular weight excluding hydrogens is 348 g/mol. The zero-order valence-electron chi connectivity index (χ0n) is 17.0. The van der Waals surface area contributed by atoms with Crippen LogP contribution in [0.1, 0.15) is 35.7 Å². The van der Waals surface area contributed by atoms with Crippen molar-refractivity contribution < 1.29 is 4.79 Å². The second kappa shape index (κ2) is 8.21. The van der Waals surface area contributed by atoms with E-state index in [1.165, 1.54) is 24.1 Å². The van der Waals surface area contributed by atoms with Gasteiger partial charge in [-0.2, -0.15) is 0 Å². The van der Waals surface area contributed by atoms with Crippen LogP contribution in [-0.2, 0) is 0 Å². The Morgan fingerprint density at radius 2 is 1.71 bits per heavy atom. The number of hydrogen-bond donors (Lipinski definition) is 0. The molecule has 2 saturated heterocycles. The first kappa shape index (κ1) is 18.8. The summed E-state index contributed by atoms with van der Waals surface area (Å²) in [4.78, 5) is 24.1. The van der Waals surface area contributed by atoms with Crippen LogP contribution < -0.4 is 9.80 Å². The Morgan fingerprint density at radius 1 is 0.964 bits per heavy atom. The maximum atomic E-state index is 12.9. The van der Waals surface area contributed by atoms with Crippen LogP contribution in [0.25, 0.3) is 0 Å². The molecule has 1 amide bonds. The van der Waals surface area contributed by atoms with Crippen LogP contribution in [0.2, 0.25) is 0 Å². The van der Waals surface area contributed by atoms with Crippen LogP contribution in [0.5, 0.6) is 0 Å². The summed E-state index contributed by atoms with van der Waals surface area (Å²) in [7, 11) is 0. The van der Waals surface area contributed by atoms with Gasteiger partial charge < -0.3 is 14.7 Å². The number of amides is 1. The minimum absolute atomic E-state index is 0.0928. The highest BCUT2D eigenvalue weighted by Gasteiger charge is 2.23. The van der Waals surface area contributed by atoms with Crippen molar-refractivity contribution in [3.05, 3.63) is 53.7 Å². The van der Waals surface area contributed by atoms with Gasteiger partial charge in [0.25, 0.3) is 5.91 Å². The number of piperazine rings is 1. The van der Waals surface area contributed by atoms with Gasteiger partial charge in [0.05, 0.1) is 5.56 Å². The highest BCUT2D eigenvalue weighted by Crippen LogP contribution is 2.22. The van der Waals surface area contributed by atoms with Gasteiger partial charge in [-0.15, -0.1) is 0 Å². The van der Waals surface area contributed by atoms with Gasteiger partial charge in [0, 0.05) is 51.2 Å². The Bertz CT molecular complexity index is 804. The van der Waals surface area contributed by atoms with E-state index in [9.17, 15) is 4.79 Å². The molecule has 5 nitrogen and oxygen atoms in total. The largest absolute Gasteiger partial charge is 0.368 e. The summed E-state index contributed by atoms with van der Waals surface area (Å²) in [5, 5.41) is 0. The van der Waals surface area contributed by atoms with Crippen molar-refractivity contribution >= 4 is 17.4 Å². The van der Waals surface area contributed by atoms with E-state index in [1.54, 1.807) is 6.20 Å². The van der Waals surface area contributed by atoms with E-state index in [-0.39, 0.29) is 5.91 Å². The molecule has 0 unspecified atom stereocenters. The van der Waals surface area contributed by atoms with Gasteiger partial charge in [-0.25, -0.2) is 4.98 Å². The van der Waals surface area contributed by atoms with Gasteiger partial charge in [-0.1, -0.05) is 19.1 Å². The number of carbonyl (C=O) groups is 1. The fraction of sp³-hybridized carbons (Fsp3) is 0.478. The normalized spacial score (nSPS) is 18.4. The van der Waals surface area contributed by atoms with Crippen molar-refractivity contribution in [2.24, 2.45) is 5.92 Å². The van der Waals surface area contributed by atoms with E-state index in [0.717, 1.165) is 51.0 Å². The summed E-state index contributed by atoms with van der Waals surface area (Å²) in [5.41, 5.74) is 3.21. The standard InChI is InChI=1S/C23H30N4O/c1-18-8-10-26(11-9-18)22-7-6-20(17-24-22)23(28)27-14-12-25(13-15-27)21-5-3-4-19(2)16-21/h3-7,16-18H,8-15H2,1-2H3. The smallest absolute Gasteiger partial charge is 0.255 e. The molecular formula is C23H30N4O. The molecule has 0 aliphatic carbocycles. The number of anilines is 2. The number of nitrogens with zero attached hydrogens (tertiary/aromatic N) is 4. The highest BCUT2D eigenvalue weighted by molar-refractivity contribution is 5.94. The minimum Gasteiger partial charge on any atom is -0.368 e. The second-order valence-electron chi connectivity index (χ2n) is 8.19. The van der Waals surface area contributed by atoms with Crippen LogP contribution in [0.15, 0.2) is 42.6 Å². The predicted molar refractivity (Wildman–Crippen MR) is 114 cm³/mol. The molecule has 2 fully saturated rings. The quantitative estimate of drug-likeness (QED) is 0.818. The first-order chi connectivity index (χ1) is 13.6. The summed E-state index contributed by atoms with van der Waals surface area (Å²) in [6.07, 6.45) is 4.18.